The van der Waals surface area contributed by atoms with Gasteiger partial charge in [0.2, 0.25) is 5.91 Å². The fourth-order valence-corrected chi connectivity index (χ4v) is 3.39. The molecule has 0 spiro atoms. The van der Waals surface area contributed by atoms with Crippen molar-refractivity contribution in [1.82, 2.24) is 5.32 Å². The molecule has 0 bridgehead atoms. The Balaban J connectivity index is 2.48. The first-order valence-electron chi connectivity index (χ1n) is 4.98. The summed E-state index contributed by atoms with van der Waals surface area (Å²) < 4.78 is 22.5. The zero-order valence-electron chi connectivity index (χ0n) is 8.95. The molecule has 0 aromatic heterocycles. The van der Waals surface area contributed by atoms with E-state index in [2.05, 4.69) is 11.9 Å². The third-order valence-electron chi connectivity index (χ3n) is 2.91. The van der Waals surface area contributed by atoms with Gasteiger partial charge in [-0.15, -0.1) is 0 Å². The largest absolute Gasteiger partial charge is 0.352 e. The number of hydrogen-bond donors (Lipinski definition) is 1. The van der Waals surface area contributed by atoms with E-state index in [4.69, 9.17) is 0 Å². The second-order valence-corrected chi connectivity index (χ2v) is 6.69. The van der Waals surface area contributed by atoms with Gasteiger partial charge >= 0.3 is 0 Å². The van der Waals surface area contributed by atoms with Crippen LogP contribution in [0.3, 0.4) is 0 Å². The van der Waals surface area contributed by atoms with E-state index in [9.17, 15) is 13.2 Å². The van der Waals surface area contributed by atoms with E-state index in [-0.39, 0.29) is 22.8 Å². The molecule has 0 saturated carbocycles. The highest BCUT2D eigenvalue weighted by molar-refractivity contribution is 7.91. The van der Waals surface area contributed by atoms with Gasteiger partial charge in [-0.25, -0.2) is 8.42 Å². The lowest BCUT2D eigenvalue weighted by molar-refractivity contribution is -0.117. The molecule has 15 heavy (non-hydrogen) atoms. The number of sulfone groups is 1. The summed E-state index contributed by atoms with van der Waals surface area (Å²) in [6.07, 6.45) is 2.46. The molecule has 1 rings (SSSR count). The Hall–Kier alpha value is -0.840. The number of hydrogen-bond acceptors (Lipinski definition) is 3. The first kappa shape index (κ1) is 12.2. The van der Waals surface area contributed by atoms with Crippen molar-refractivity contribution in [1.29, 1.82) is 0 Å². The number of nitrogens with one attached hydrogen (secondary N) is 1. The molecule has 5 heteroatoms. The van der Waals surface area contributed by atoms with E-state index in [1.165, 1.54) is 6.08 Å². The predicted octanol–water partition coefficient (Wildman–Crippen LogP) is 0.503. The van der Waals surface area contributed by atoms with Crippen molar-refractivity contribution in [3.63, 3.8) is 0 Å². The summed E-state index contributed by atoms with van der Waals surface area (Å²) in [7, 11) is -2.83. The highest BCUT2D eigenvalue weighted by Gasteiger charge is 2.33. The van der Waals surface area contributed by atoms with Crippen molar-refractivity contribution >= 4 is 15.7 Å². The Morgan fingerprint density at radius 2 is 2.00 bits per heavy atom. The molecule has 1 amide bonds. The first-order valence-corrected chi connectivity index (χ1v) is 6.80. The zero-order chi connectivity index (χ0) is 11.5. The van der Waals surface area contributed by atoms with E-state index < -0.39 is 9.84 Å². The maximum Gasteiger partial charge on any atom is 0.243 e. The Bertz CT molecular complexity index is 345. The smallest absolute Gasteiger partial charge is 0.243 e. The quantitative estimate of drug-likeness (QED) is 0.720. The van der Waals surface area contributed by atoms with Crippen LogP contribution >= 0.6 is 0 Å². The summed E-state index contributed by atoms with van der Waals surface area (Å²) in [6.45, 7) is 5.89. The van der Waals surface area contributed by atoms with Crippen molar-refractivity contribution < 1.29 is 13.2 Å². The lowest BCUT2D eigenvalue weighted by atomic mass is 9.84. The minimum atomic E-state index is -2.83. The van der Waals surface area contributed by atoms with Crippen LogP contribution in [0.4, 0.5) is 0 Å². The molecule has 0 aromatic rings. The van der Waals surface area contributed by atoms with Gasteiger partial charge < -0.3 is 5.32 Å². The van der Waals surface area contributed by atoms with Crippen LogP contribution in [0, 0.1) is 5.41 Å². The molecule has 0 aliphatic carbocycles. The van der Waals surface area contributed by atoms with Gasteiger partial charge in [0.1, 0.15) is 9.84 Å². The van der Waals surface area contributed by atoms with Crippen LogP contribution in [0.1, 0.15) is 19.8 Å². The molecule has 0 radical (unpaired) electrons. The monoisotopic (exact) mass is 231 g/mol. The average Bonchev–Trinajstić information content (AvgIpc) is 2.20. The van der Waals surface area contributed by atoms with Crippen molar-refractivity contribution in [3.05, 3.63) is 12.7 Å². The molecule has 1 aliphatic rings. The molecule has 0 aromatic carbocycles. The maximum absolute atomic E-state index is 11.2. The molecule has 4 nitrogen and oxygen atoms in total. The number of carbonyl (C=O) groups excluding carboxylic acids is 1. The van der Waals surface area contributed by atoms with Gasteiger partial charge in [0.05, 0.1) is 11.5 Å². The highest BCUT2D eigenvalue weighted by atomic mass is 32.2. The summed E-state index contributed by atoms with van der Waals surface area (Å²) in [6, 6.07) is 0. The van der Waals surface area contributed by atoms with Crippen molar-refractivity contribution in [2.75, 3.05) is 18.1 Å². The van der Waals surface area contributed by atoms with Crippen molar-refractivity contribution in [2.45, 2.75) is 19.8 Å². The van der Waals surface area contributed by atoms with Crippen molar-refractivity contribution in [2.24, 2.45) is 5.41 Å². The lowest BCUT2D eigenvalue weighted by Gasteiger charge is -2.33. The van der Waals surface area contributed by atoms with Gasteiger partial charge in [-0.1, -0.05) is 13.5 Å². The topological polar surface area (TPSA) is 63.2 Å². The molecule has 1 N–H and O–H groups in total. The van der Waals surface area contributed by atoms with Crippen LogP contribution in [0.15, 0.2) is 12.7 Å². The fourth-order valence-electron chi connectivity index (χ4n) is 1.58. The number of amides is 1. The fraction of sp³-hybridized carbons (Fsp3) is 0.700. The normalized spacial score (nSPS) is 23.0. The Morgan fingerprint density at radius 1 is 1.47 bits per heavy atom. The Kier molecular flexibility index (Phi) is 3.54. The lowest BCUT2D eigenvalue weighted by Crippen LogP contribution is -2.40. The van der Waals surface area contributed by atoms with Crippen molar-refractivity contribution in [3.8, 4) is 0 Å². The molecule has 0 unspecified atom stereocenters. The van der Waals surface area contributed by atoms with Gasteiger partial charge in [-0.05, 0) is 24.3 Å². The van der Waals surface area contributed by atoms with Crippen LogP contribution < -0.4 is 5.32 Å². The summed E-state index contributed by atoms with van der Waals surface area (Å²) in [5.74, 6) is 0.255. The number of carbonyl (C=O) groups is 1. The van der Waals surface area contributed by atoms with Gasteiger partial charge in [-0.2, -0.15) is 0 Å². The maximum atomic E-state index is 11.2. The third-order valence-corrected chi connectivity index (χ3v) is 4.56. The second kappa shape index (κ2) is 4.35. The Labute approximate surface area is 90.7 Å². The van der Waals surface area contributed by atoms with Crippen LogP contribution in [0.25, 0.3) is 0 Å². The molecule has 0 atom stereocenters. The molecule has 1 saturated heterocycles. The molecular formula is C10H17NO3S. The second-order valence-electron chi connectivity index (χ2n) is 4.38. The summed E-state index contributed by atoms with van der Waals surface area (Å²) in [5, 5.41) is 2.72. The van der Waals surface area contributed by atoms with Gasteiger partial charge in [0, 0.05) is 6.54 Å². The minimum Gasteiger partial charge on any atom is -0.352 e. The minimum absolute atomic E-state index is 0.0933. The van der Waals surface area contributed by atoms with E-state index in [0.717, 1.165) is 0 Å². The first-order chi connectivity index (χ1) is 6.87. The molecule has 86 valence electrons. The van der Waals surface area contributed by atoms with Crippen LogP contribution in [0.2, 0.25) is 0 Å². The zero-order valence-corrected chi connectivity index (χ0v) is 9.77. The van der Waals surface area contributed by atoms with Gasteiger partial charge in [0.25, 0.3) is 0 Å². The third kappa shape index (κ3) is 3.66. The molecule has 1 heterocycles. The molecular weight excluding hydrogens is 214 g/mol. The van der Waals surface area contributed by atoms with E-state index in [1.807, 2.05) is 6.92 Å². The van der Waals surface area contributed by atoms with Crippen LogP contribution in [0.5, 0.6) is 0 Å². The van der Waals surface area contributed by atoms with E-state index in [0.29, 0.717) is 19.4 Å². The average molecular weight is 231 g/mol. The van der Waals surface area contributed by atoms with E-state index in [1.54, 1.807) is 0 Å². The summed E-state index contributed by atoms with van der Waals surface area (Å²) in [4.78, 5) is 11.0. The predicted molar refractivity (Wildman–Crippen MR) is 59.2 cm³/mol. The van der Waals surface area contributed by atoms with E-state index >= 15 is 0 Å². The molecule has 1 fully saturated rings. The van der Waals surface area contributed by atoms with Gasteiger partial charge in [0.15, 0.2) is 0 Å². The molecule has 1 aliphatic heterocycles. The Morgan fingerprint density at radius 3 is 2.47 bits per heavy atom. The summed E-state index contributed by atoms with van der Waals surface area (Å²) >= 11 is 0. The highest BCUT2D eigenvalue weighted by Crippen LogP contribution is 2.31. The van der Waals surface area contributed by atoms with Crippen LogP contribution in [-0.4, -0.2) is 32.4 Å². The SMILES string of the molecule is C=CC(=O)NCC1(C)CCS(=O)(=O)CC1. The number of rotatable bonds is 3. The standard InChI is InChI=1S/C10H17NO3S/c1-3-9(12)11-8-10(2)4-6-15(13,14)7-5-10/h3H,1,4-8H2,2H3,(H,11,12). The summed E-state index contributed by atoms with van der Waals surface area (Å²) in [5.41, 5.74) is -0.0933. The van der Waals surface area contributed by atoms with Gasteiger partial charge in [-0.3, -0.25) is 4.79 Å². The van der Waals surface area contributed by atoms with Crippen LogP contribution in [-0.2, 0) is 14.6 Å².